The fraction of sp³-hybridized carbons (Fsp3) is 0.429. The molecular weight excluding hydrogens is 244 g/mol. The zero-order valence-electron chi connectivity index (χ0n) is 10.9. The van der Waals surface area contributed by atoms with Gasteiger partial charge in [0.05, 0.1) is 13.2 Å². The number of hydrogen-bond acceptors (Lipinski definition) is 4. The summed E-state index contributed by atoms with van der Waals surface area (Å²) in [5.74, 6) is -0.0319. The van der Waals surface area contributed by atoms with E-state index in [1.165, 1.54) is 0 Å². The third-order valence-electron chi connectivity index (χ3n) is 2.57. The topological polar surface area (TPSA) is 78.4 Å². The number of hydrogen-bond donors (Lipinski definition) is 3. The maximum absolute atomic E-state index is 11.7. The molecule has 0 spiro atoms. The molecule has 1 rings (SSSR count). The summed E-state index contributed by atoms with van der Waals surface area (Å²) < 4.78 is 0. The summed E-state index contributed by atoms with van der Waals surface area (Å²) in [5, 5.41) is 14.1. The van der Waals surface area contributed by atoms with Crippen molar-refractivity contribution in [2.45, 2.75) is 12.8 Å². The molecule has 5 heteroatoms. The molecule has 0 aliphatic carbocycles. The average Bonchev–Trinajstić information content (AvgIpc) is 2.45. The lowest BCUT2D eigenvalue weighted by atomic mass is 10.1. The Morgan fingerprint density at radius 1 is 1.11 bits per heavy atom. The van der Waals surface area contributed by atoms with E-state index in [-0.39, 0.29) is 24.8 Å². The predicted molar refractivity (Wildman–Crippen MR) is 73.0 cm³/mol. The predicted octanol–water partition coefficient (Wildman–Crippen LogP) is 0.348. The number of amides is 1. The number of ketones is 1. The van der Waals surface area contributed by atoms with Crippen molar-refractivity contribution in [3.05, 3.63) is 35.9 Å². The highest BCUT2D eigenvalue weighted by molar-refractivity contribution is 5.97. The summed E-state index contributed by atoms with van der Waals surface area (Å²) in [4.78, 5) is 22.9. The first-order chi connectivity index (χ1) is 9.24. The van der Waals surface area contributed by atoms with Gasteiger partial charge in [-0.25, -0.2) is 0 Å². The van der Waals surface area contributed by atoms with Crippen LogP contribution in [0.1, 0.15) is 23.2 Å². The number of Topliss-reactive ketones (excluding diaryl/α,β-unsaturated/α-hetero) is 1. The summed E-state index contributed by atoms with van der Waals surface area (Å²) in [6, 6.07) is 9.10. The standard InChI is InChI=1S/C14H20N2O3/c17-10-9-16-14(19)7-4-8-15-11-13(18)12-5-2-1-3-6-12/h1-3,5-6,15,17H,4,7-11H2,(H,16,19). The first kappa shape index (κ1) is 15.3. The molecule has 1 amide bonds. The minimum atomic E-state index is -0.0785. The third-order valence-corrected chi connectivity index (χ3v) is 2.57. The number of benzene rings is 1. The summed E-state index contributed by atoms with van der Waals surface area (Å²) in [5.41, 5.74) is 0.690. The van der Waals surface area contributed by atoms with Gasteiger partial charge in [-0.15, -0.1) is 0 Å². The first-order valence-electron chi connectivity index (χ1n) is 6.40. The van der Waals surface area contributed by atoms with Crippen LogP contribution in [0.3, 0.4) is 0 Å². The highest BCUT2D eigenvalue weighted by atomic mass is 16.3. The number of carbonyl (C=O) groups is 2. The van der Waals surface area contributed by atoms with E-state index in [9.17, 15) is 9.59 Å². The van der Waals surface area contributed by atoms with Crippen LogP contribution >= 0.6 is 0 Å². The van der Waals surface area contributed by atoms with Crippen molar-refractivity contribution in [2.75, 3.05) is 26.2 Å². The molecule has 5 nitrogen and oxygen atoms in total. The van der Waals surface area contributed by atoms with Crippen LogP contribution in [0.25, 0.3) is 0 Å². The van der Waals surface area contributed by atoms with Gasteiger partial charge in [0.1, 0.15) is 0 Å². The zero-order chi connectivity index (χ0) is 13.9. The lowest BCUT2D eigenvalue weighted by Gasteiger charge is -2.05. The van der Waals surface area contributed by atoms with Gasteiger partial charge in [0.2, 0.25) is 5.91 Å². The van der Waals surface area contributed by atoms with Gasteiger partial charge in [0, 0.05) is 18.5 Å². The van der Waals surface area contributed by atoms with Gasteiger partial charge in [-0.2, -0.15) is 0 Å². The van der Waals surface area contributed by atoms with Gasteiger partial charge in [0.15, 0.2) is 5.78 Å². The number of aliphatic hydroxyl groups is 1. The molecule has 1 aromatic carbocycles. The van der Waals surface area contributed by atoms with E-state index < -0.39 is 0 Å². The van der Waals surface area contributed by atoms with Crippen molar-refractivity contribution in [3.63, 3.8) is 0 Å². The molecule has 0 saturated heterocycles. The van der Waals surface area contributed by atoms with Gasteiger partial charge < -0.3 is 15.7 Å². The van der Waals surface area contributed by atoms with Crippen molar-refractivity contribution < 1.29 is 14.7 Å². The molecule has 1 aromatic rings. The average molecular weight is 264 g/mol. The number of nitrogens with one attached hydrogen (secondary N) is 2. The molecule has 0 aromatic heterocycles. The third kappa shape index (κ3) is 6.69. The van der Waals surface area contributed by atoms with Crippen LogP contribution < -0.4 is 10.6 Å². The molecule has 0 aliphatic rings. The van der Waals surface area contributed by atoms with Crippen LogP contribution in [-0.4, -0.2) is 43.0 Å². The largest absolute Gasteiger partial charge is 0.395 e. The minimum absolute atomic E-state index is 0.0461. The van der Waals surface area contributed by atoms with Crippen LogP contribution in [0, 0.1) is 0 Å². The molecule has 0 fully saturated rings. The van der Waals surface area contributed by atoms with E-state index in [2.05, 4.69) is 10.6 Å². The van der Waals surface area contributed by atoms with Crippen LogP contribution in [0.5, 0.6) is 0 Å². The second-order valence-corrected chi connectivity index (χ2v) is 4.14. The Bertz CT molecular complexity index is 393. The quantitative estimate of drug-likeness (QED) is 0.444. The van der Waals surface area contributed by atoms with Gasteiger partial charge >= 0.3 is 0 Å². The normalized spacial score (nSPS) is 10.2. The van der Waals surface area contributed by atoms with Gasteiger partial charge in [-0.1, -0.05) is 30.3 Å². The zero-order valence-corrected chi connectivity index (χ0v) is 10.9. The molecular formula is C14H20N2O3. The Hall–Kier alpha value is -1.72. The smallest absolute Gasteiger partial charge is 0.220 e. The summed E-state index contributed by atoms with van der Waals surface area (Å²) in [7, 11) is 0. The Kier molecular flexibility index (Phi) is 7.46. The number of aliphatic hydroxyl groups excluding tert-OH is 1. The summed E-state index contributed by atoms with van der Waals surface area (Å²) in [6.45, 7) is 1.14. The second-order valence-electron chi connectivity index (χ2n) is 4.14. The van der Waals surface area contributed by atoms with Gasteiger partial charge in [-0.05, 0) is 13.0 Å². The van der Waals surface area contributed by atoms with Crippen molar-refractivity contribution in [2.24, 2.45) is 0 Å². The lowest BCUT2D eigenvalue weighted by molar-refractivity contribution is -0.121. The van der Waals surface area contributed by atoms with E-state index >= 15 is 0 Å². The van der Waals surface area contributed by atoms with Crippen molar-refractivity contribution >= 4 is 11.7 Å². The number of rotatable bonds is 9. The van der Waals surface area contributed by atoms with Gasteiger partial charge in [-0.3, -0.25) is 9.59 Å². The summed E-state index contributed by atoms with van der Waals surface area (Å²) >= 11 is 0. The minimum Gasteiger partial charge on any atom is -0.395 e. The van der Waals surface area contributed by atoms with Crippen molar-refractivity contribution in [1.82, 2.24) is 10.6 Å². The van der Waals surface area contributed by atoms with Crippen molar-refractivity contribution in [3.8, 4) is 0 Å². The maximum atomic E-state index is 11.7. The molecule has 0 heterocycles. The fourth-order valence-corrected chi connectivity index (χ4v) is 1.59. The fourth-order valence-electron chi connectivity index (χ4n) is 1.59. The Morgan fingerprint density at radius 2 is 1.84 bits per heavy atom. The van der Waals surface area contributed by atoms with E-state index in [1.807, 2.05) is 18.2 Å². The SMILES string of the molecule is O=C(CCCNCC(=O)c1ccccc1)NCCO. The second kappa shape index (κ2) is 9.24. The monoisotopic (exact) mass is 264 g/mol. The van der Waals surface area contributed by atoms with Crippen molar-refractivity contribution in [1.29, 1.82) is 0 Å². The van der Waals surface area contributed by atoms with Gasteiger partial charge in [0.25, 0.3) is 0 Å². The van der Waals surface area contributed by atoms with E-state index in [4.69, 9.17) is 5.11 Å². The highest BCUT2D eigenvalue weighted by Gasteiger charge is 2.04. The van der Waals surface area contributed by atoms with E-state index in [0.29, 0.717) is 31.5 Å². The molecule has 0 bridgehead atoms. The van der Waals surface area contributed by atoms with E-state index in [1.54, 1.807) is 12.1 Å². The molecule has 3 N–H and O–H groups in total. The van der Waals surface area contributed by atoms with Crippen LogP contribution in [0.15, 0.2) is 30.3 Å². The summed E-state index contributed by atoms with van der Waals surface area (Å²) in [6.07, 6.45) is 1.06. The molecule has 0 radical (unpaired) electrons. The molecule has 0 aliphatic heterocycles. The molecule has 104 valence electrons. The molecule has 0 saturated carbocycles. The Morgan fingerprint density at radius 3 is 2.53 bits per heavy atom. The van der Waals surface area contributed by atoms with E-state index in [0.717, 1.165) is 0 Å². The Labute approximate surface area is 113 Å². The Balaban J connectivity index is 2.08. The van der Waals surface area contributed by atoms with Crippen LogP contribution in [0.4, 0.5) is 0 Å². The van der Waals surface area contributed by atoms with Crippen LogP contribution in [0.2, 0.25) is 0 Å². The maximum Gasteiger partial charge on any atom is 0.220 e. The molecule has 0 unspecified atom stereocenters. The molecule has 0 atom stereocenters. The van der Waals surface area contributed by atoms with Crippen LogP contribution in [-0.2, 0) is 4.79 Å². The lowest BCUT2D eigenvalue weighted by Crippen LogP contribution is -2.28. The first-order valence-corrected chi connectivity index (χ1v) is 6.40. The highest BCUT2D eigenvalue weighted by Crippen LogP contribution is 1.98. The molecule has 19 heavy (non-hydrogen) atoms. The number of carbonyl (C=O) groups excluding carboxylic acids is 2.